The Morgan fingerprint density at radius 2 is 1.77 bits per heavy atom. The zero-order valence-corrected chi connectivity index (χ0v) is 16.7. The second kappa shape index (κ2) is 9.15. The maximum absolute atomic E-state index is 11.1. The van der Waals surface area contributed by atoms with Crippen LogP contribution in [0.4, 0.5) is 5.69 Å². The molecule has 0 saturated carbocycles. The number of para-hydroxylation sites is 1. The Kier molecular flexibility index (Phi) is 5.96. The maximum atomic E-state index is 11.1. The lowest BCUT2D eigenvalue weighted by atomic mass is 10.1. The lowest BCUT2D eigenvalue weighted by Crippen LogP contribution is -2.13. The van der Waals surface area contributed by atoms with Crippen molar-refractivity contribution < 1.29 is 4.79 Å². The van der Waals surface area contributed by atoms with Crippen LogP contribution in [0.3, 0.4) is 0 Å². The molecule has 0 saturated heterocycles. The second-order valence-electron chi connectivity index (χ2n) is 7.01. The van der Waals surface area contributed by atoms with E-state index in [4.69, 9.17) is 5.10 Å². The molecule has 2 N–H and O–H groups in total. The molecule has 30 heavy (non-hydrogen) atoms. The molecular weight excluding hydrogens is 374 g/mol. The van der Waals surface area contributed by atoms with Crippen molar-refractivity contribution in [3.8, 4) is 16.9 Å². The molecular formula is C24H23N5O. The van der Waals surface area contributed by atoms with Crippen molar-refractivity contribution >= 4 is 11.6 Å². The van der Waals surface area contributed by atoms with E-state index in [-0.39, 0.29) is 5.91 Å². The van der Waals surface area contributed by atoms with E-state index in [2.05, 4.69) is 21.8 Å². The third-order valence-corrected chi connectivity index (χ3v) is 4.66. The largest absolute Gasteiger partial charge is 0.326 e. The Morgan fingerprint density at radius 3 is 2.47 bits per heavy atom. The van der Waals surface area contributed by atoms with Gasteiger partial charge in [-0.15, -0.1) is 0 Å². The lowest BCUT2D eigenvalue weighted by molar-refractivity contribution is -0.114. The molecule has 6 nitrogen and oxygen atoms in total. The number of amides is 1. The molecule has 2 aromatic carbocycles. The van der Waals surface area contributed by atoms with Gasteiger partial charge in [0.1, 0.15) is 0 Å². The maximum Gasteiger partial charge on any atom is 0.221 e. The number of pyridine rings is 1. The summed E-state index contributed by atoms with van der Waals surface area (Å²) >= 11 is 0. The van der Waals surface area contributed by atoms with Crippen LogP contribution in [0.2, 0.25) is 0 Å². The molecule has 150 valence electrons. The van der Waals surface area contributed by atoms with Crippen LogP contribution in [0.1, 0.15) is 18.1 Å². The average molecular weight is 397 g/mol. The van der Waals surface area contributed by atoms with Crippen LogP contribution < -0.4 is 10.6 Å². The highest BCUT2D eigenvalue weighted by atomic mass is 16.1. The molecule has 0 fully saturated rings. The van der Waals surface area contributed by atoms with Gasteiger partial charge in [-0.2, -0.15) is 5.10 Å². The predicted molar refractivity (Wildman–Crippen MR) is 118 cm³/mol. The van der Waals surface area contributed by atoms with Crippen LogP contribution >= 0.6 is 0 Å². The number of rotatable bonds is 7. The molecule has 0 aliphatic heterocycles. The minimum Gasteiger partial charge on any atom is -0.326 e. The summed E-state index contributed by atoms with van der Waals surface area (Å²) in [6.45, 7) is 2.89. The first-order valence-electron chi connectivity index (χ1n) is 9.80. The van der Waals surface area contributed by atoms with E-state index in [0.717, 1.165) is 33.8 Å². The van der Waals surface area contributed by atoms with Crippen molar-refractivity contribution in [3.63, 3.8) is 0 Å². The molecule has 0 aliphatic carbocycles. The van der Waals surface area contributed by atoms with E-state index >= 15 is 0 Å². The SMILES string of the molecule is CC(=O)Nc1ccc(CNCc2cn(-c3ccccc3)nc2-c2cccnc2)cc1. The summed E-state index contributed by atoms with van der Waals surface area (Å²) in [6.07, 6.45) is 5.66. The van der Waals surface area contributed by atoms with E-state index in [1.165, 1.54) is 6.92 Å². The summed E-state index contributed by atoms with van der Waals surface area (Å²) in [4.78, 5) is 15.4. The first kappa shape index (κ1) is 19.5. The number of benzene rings is 2. The van der Waals surface area contributed by atoms with Gasteiger partial charge in [0.25, 0.3) is 0 Å². The van der Waals surface area contributed by atoms with Crippen LogP contribution in [0.5, 0.6) is 0 Å². The first-order valence-corrected chi connectivity index (χ1v) is 9.80. The highest BCUT2D eigenvalue weighted by molar-refractivity contribution is 5.88. The quantitative estimate of drug-likeness (QED) is 0.491. The van der Waals surface area contributed by atoms with Crippen LogP contribution in [0.25, 0.3) is 16.9 Å². The van der Waals surface area contributed by atoms with Gasteiger partial charge >= 0.3 is 0 Å². The van der Waals surface area contributed by atoms with Gasteiger partial charge in [0.15, 0.2) is 0 Å². The third-order valence-electron chi connectivity index (χ3n) is 4.66. The van der Waals surface area contributed by atoms with Crippen molar-refractivity contribution in [2.24, 2.45) is 0 Å². The monoisotopic (exact) mass is 397 g/mol. The van der Waals surface area contributed by atoms with Crippen molar-refractivity contribution in [2.75, 3.05) is 5.32 Å². The van der Waals surface area contributed by atoms with Crippen LogP contribution in [0.15, 0.2) is 85.3 Å². The number of anilines is 1. The Bertz CT molecular complexity index is 1110. The summed E-state index contributed by atoms with van der Waals surface area (Å²) in [5.41, 5.74) is 5.96. The van der Waals surface area contributed by atoms with E-state index in [1.54, 1.807) is 6.20 Å². The van der Waals surface area contributed by atoms with Gasteiger partial charge in [-0.1, -0.05) is 30.3 Å². The minimum atomic E-state index is -0.0702. The van der Waals surface area contributed by atoms with Crippen LogP contribution in [0, 0.1) is 0 Å². The highest BCUT2D eigenvalue weighted by Gasteiger charge is 2.12. The number of aromatic nitrogens is 3. The van der Waals surface area contributed by atoms with Crippen LogP contribution in [-0.4, -0.2) is 20.7 Å². The van der Waals surface area contributed by atoms with Gasteiger partial charge in [-0.25, -0.2) is 4.68 Å². The molecule has 4 aromatic rings. The van der Waals surface area contributed by atoms with Gasteiger partial charge in [0.05, 0.1) is 11.4 Å². The predicted octanol–water partition coefficient (Wildman–Crippen LogP) is 4.18. The Morgan fingerprint density at radius 1 is 0.967 bits per heavy atom. The number of carbonyl (C=O) groups is 1. The molecule has 0 atom stereocenters. The standard InChI is InChI=1S/C24H23N5O/c1-18(30)27-22-11-9-19(10-12-22)14-26-16-21-17-29(23-7-3-2-4-8-23)28-24(21)20-6-5-13-25-15-20/h2-13,15,17,26H,14,16H2,1H3,(H,27,30). The summed E-state index contributed by atoms with van der Waals surface area (Å²) in [5, 5.41) is 11.1. The number of nitrogens with one attached hydrogen (secondary N) is 2. The third kappa shape index (κ3) is 4.79. The van der Waals surface area contributed by atoms with Gasteiger partial charge in [0, 0.05) is 55.4 Å². The van der Waals surface area contributed by atoms with Gasteiger partial charge in [-0.3, -0.25) is 9.78 Å². The Hall–Kier alpha value is -3.77. The average Bonchev–Trinajstić information content (AvgIpc) is 3.20. The van der Waals surface area contributed by atoms with E-state index in [9.17, 15) is 4.79 Å². The molecule has 6 heteroatoms. The topological polar surface area (TPSA) is 71.8 Å². The zero-order chi connectivity index (χ0) is 20.8. The van der Waals surface area contributed by atoms with Crippen molar-refractivity contribution in [1.82, 2.24) is 20.1 Å². The zero-order valence-electron chi connectivity index (χ0n) is 16.7. The van der Waals surface area contributed by atoms with Crippen molar-refractivity contribution in [3.05, 3.63) is 96.4 Å². The smallest absolute Gasteiger partial charge is 0.221 e. The molecule has 4 rings (SSSR count). The van der Waals surface area contributed by atoms with Gasteiger partial charge in [-0.05, 0) is 42.0 Å². The molecule has 0 aliphatic rings. The van der Waals surface area contributed by atoms with Gasteiger partial charge < -0.3 is 10.6 Å². The van der Waals surface area contributed by atoms with E-state index in [0.29, 0.717) is 13.1 Å². The summed E-state index contributed by atoms with van der Waals surface area (Å²) in [6, 6.07) is 21.9. The summed E-state index contributed by atoms with van der Waals surface area (Å²) in [7, 11) is 0. The van der Waals surface area contributed by atoms with Crippen LogP contribution in [-0.2, 0) is 17.9 Å². The lowest BCUT2D eigenvalue weighted by Gasteiger charge is -2.07. The Labute approximate surface area is 175 Å². The first-order chi connectivity index (χ1) is 14.7. The van der Waals surface area contributed by atoms with Crippen molar-refractivity contribution in [2.45, 2.75) is 20.0 Å². The molecule has 1 amide bonds. The number of nitrogens with zero attached hydrogens (tertiary/aromatic N) is 3. The summed E-state index contributed by atoms with van der Waals surface area (Å²) in [5.74, 6) is -0.0702. The number of hydrogen-bond donors (Lipinski definition) is 2. The summed E-state index contributed by atoms with van der Waals surface area (Å²) < 4.78 is 1.90. The fraction of sp³-hybridized carbons (Fsp3) is 0.125. The number of hydrogen-bond acceptors (Lipinski definition) is 4. The highest BCUT2D eigenvalue weighted by Crippen LogP contribution is 2.23. The second-order valence-corrected chi connectivity index (χ2v) is 7.01. The fourth-order valence-electron chi connectivity index (χ4n) is 3.25. The normalized spacial score (nSPS) is 10.7. The molecule has 2 heterocycles. The molecule has 0 spiro atoms. The van der Waals surface area contributed by atoms with Crippen molar-refractivity contribution in [1.29, 1.82) is 0 Å². The molecule has 2 aromatic heterocycles. The molecule has 0 unspecified atom stereocenters. The van der Waals surface area contributed by atoms with Gasteiger partial charge in [0.2, 0.25) is 5.91 Å². The molecule has 0 radical (unpaired) electrons. The number of carbonyl (C=O) groups excluding carboxylic acids is 1. The van der Waals surface area contributed by atoms with E-state index in [1.807, 2.05) is 77.6 Å². The molecule has 0 bridgehead atoms. The van der Waals surface area contributed by atoms with E-state index < -0.39 is 0 Å². The fourth-order valence-corrected chi connectivity index (χ4v) is 3.25. The Balaban J connectivity index is 1.50. The minimum absolute atomic E-state index is 0.0702.